The van der Waals surface area contributed by atoms with E-state index in [2.05, 4.69) is 39.5 Å². The average molecular weight is 437 g/mol. The lowest BCUT2D eigenvalue weighted by atomic mass is 10.0. The fourth-order valence-corrected chi connectivity index (χ4v) is 3.92. The second-order valence-electron chi connectivity index (χ2n) is 10.5. The van der Waals surface area contributed by atoms with Crippen molar-refractivity contribution in [3.05, 3.63) is 0 Å². The van der Waals surface area contributed by atoms with Crippen LogP contribution in [0.15, 0.2) is 0 Å². The highest BCUT2D eigenvalue weighted by Crippen LogP contribution is 2.21. The smallest absolute Gasteiger partial charge is 0.158 e. The summed E-state index contributed by atoms with van der Waals surface area (Å²) in [5.74, 6) is 6.52. The molecule has 0 aromatic rings. The molecule has 0 unspecified atom stereocenters. The molecular weight excluding hydrogens is 380 g/mol. The van der Waals surface area contributed by atoms with Gasteiger partial charge in [-0.05, 0) is 40.5 Å². The van der Waals surface area contributed by atoms with Gasteiger partial charge in [0, 0.05) is 6.42 Å². The van der Waals surface area contributed by atoms with Crippen LogP contribution >= 0.6 is 0 Å². The van der Waals surface area contributed by atoms with E-state index in [0.717, 1.165) is 19.3 Å². The lowest BCUT2D eigenvalue weighted by molar-refractivity contribution is -0.389. The zero-order chi connectivity index (χ0) is 23.3. The molecular formula is C29H56O2. The Labute approximate surface area is 196 Å². The van der Waals surface area contributed by atoms with E-state index in [9.17, 15) is 0 Å². The van der Waals surface area contributed by atoms with Gasteiger partial charge >= 0.3 is 0 Å². The largest absolute Gasteiger partial charge is 0.229 e. The van der Waals surface area contributed by atoms with Gasteiger partial charge in [0.1, 0.15) is 0 Å². The van der Waals surface area contributed by atoms with Crippen molar-refractivity contribution in [1.29, 1.82) is 0 Å². The molecule has 0 spiro atoms. The number of rotatable bonds is 21. The Morgan fingerprint density at radius 1 is 0.516 bits per heavy atom. The van der Waals surface area contributed by atoms with Crippen molar-refractivity contribution < 1.29 is 9.78 Å². The molecule has 0 aliphatic rings. The third-order valence-electron chi connectivity index (χ3n) is 5.87. The maximum Gasteiger partial charge on any atom is 0.158 e. The van der Waals surface area contributed by atoms with E-state index in [1.165, 1.54) is 103 Å². The van der Waals surface area contributed by atoms with Crippen molar-refractivity contribution in [3.8, 4) is 11.8 Å². The van der Waals surface area contributed by atoms with Crippen LogP contribution in [0.25, 0.3) is 0 Å². The summed E-state index contributed by atoms with van der Waals surface area (Å²) in [6.45, 7) is 12.5. The number of hydrogen-bond acceptors (Lipinski definition) is 2. The highest BCUT2D eigenvalue weighted by Gasteiger charge is 2.24. The molecule has 0 aliphatic carbocycles. The lowest BCUT2D eigenvalue weighted by Crippen LogP contribution is -2.31. The van der Waals surface area contributed by atoms with E-state index >= 15 is 0 Å². The zero-order valence-electron chi connectivity index (χ0n) is 22.3. The molecule has 184 valence electrons. The molecule has 0 atom stereocenters. The highest BCUT2D eigenvalue weighted by molar-refractivity contribution is 5.10. The van der Waals surface area contributed by atoms with E-state index in [0.29, 0.717) is 0 Å². The van der Waals surface area contributed by atoms with Crippen molar-refractivity contribution in [2.75, 3.05) is 0 Å². The Morgan fingerprint density at radius 2 is 0.935 bits per heavy atom. The van der Waals surface area contributed by atoms with Crippen molar-refractivity contribution in [2.24, 2.45) is 0 Å². The van der Waals surface area contributed by atoms with E-state index in [1.54, 1.807) is 0 Å². The minimum atomic E-state index is -0.542. The van der Waals surface area contributed by atoms with Crippen molar-refractivity contribution in [3.63, 3.8) is 0 Å². The first kappa shape index (κ1) is 30.5. The SMILES string of the molecule is CCCCCCCCCCCCCCCCCCC#CC(C)(C)OOC(C)(C)CCC. The van der Waals surface area contributed by atoms with Gasteiger partial charge in [0.15, 0.2) is 5.60 Å². The molecule has 0 amide bonds. The monoisotopic (exact) mass is 436 g/mol. The van der Waals surface area contributed by atoms with Crippen molar-refractivity contribution in [2.45, 2.75) is 175 Å². The van der Waals surface area contributed by atoms with Crippen LogP contribution in [-0.2, 0) is 9.78 Å². The summed E-state index contributed by atoms with van der Waals surface area (Å²) in [4.78, 5) is 11.2. The van der Waals surface area contributed by atoms with Gasteiger partial charge in [0.05, 0.1) is 5.60 Å². The Morgan fingerprint density at radius 3 is 1.35 bits per heavy atom. The van der Waals surface area contributed by atoms with Crippen LogP contribution in [0.4, 0.5) is 0 Å². The summed E-state index contributed by atoms with van der Waals surface area (Å²) in [6, 6.07) is 0. The fraction of sp³-hybridized carbons (Fsp3) is 0.931. The second-order valence-corrected chi connectivity index (χ2v) is 10.5. The van der Waals surface area contributed by atoms with Gasteiger partial charge < -0.3 is 0 Å². The third-order valence-corrected chi connectivity index (χ3v) is 5.87. The molecule has 0 N–H and O–H groups in total. The Balaban J connectivity index is 3.47. The maximum absolute atomic E-state index is 5.62. The van der Waals surface area contributed by atoms with Crippen LogP contribution in [-0.4, -0.2) is 11.2 Å². The van der Waals surface area contributed by atoms with Crippen LogP contribution in [0.3, 0.4) is 0 Å². The first-order valence-corrected chi connectivity index (χ1v) is 13.7. The zero-order valence-corrected chi connectivity index (χ0v) is 22.3. The Hall–Kier alpha value is -0.520. The van der Waals surface area contributed by atoms with E-state index < -0.39 is 5.60 Å². The predicted octanol–water partition coefficient (Wildman–Crippen LogP) is 9.95. The highest BCUT2D eigenvalue weighted by atomic mass is 17.2. The Kier molecular flexibility index (Phi) is 19.8. The molecule has 2 heteroatoms. The maximum atomic E-state index is 5.62. The predicted molar refractivity (Wildman–Crippen MR) is 137 cm³/mol. The molecule has 0 radical (unpaired) electrons. The lowest BCUT2D eigenvalue weighted by Gasteiger charge is -2.27. The topological polar surface area (TPSA) is 18.5 Å². The van der Waals surface area contributed by atoms with E-state index in [1.807, 2.05) is 13.8 Å². The van der Waals surface area contributed by atoms with Gasteiger partial charge in [-0.15, -0.1) is 5.92 Å². The summed E-state index contributed by atoms with van der Waals surface area (Å²) in [6.07, 6.45) is 25.5. The van der Waals surface area contributed by atoms with Crippen LogP contribution in [0, 0.1) is 11.8 Å². The third kappa shape index (κ3) is 22.5. The minimum Gasteiger partial charge on any atom is -0.229 e. The average Bonchev–Trinajstić information content (AvgIpc) is 2.71. The molecule has 0 saturated carbocycles. The first-order chi connectivity index (χ1) is 14.8. The molecule has 0 aliphatic heterocycles. The van der Waals surface area contributed by atoms with E-state index in [-0.39, 0.29) is 5.60 Å². The first-order valence-electron chi connectivity index (χ1n) is 13.7. The number of hydrogen-bond donors (Lipinski definition) is 0. The van der Waals surface area contributed by atoms with Gasteiger partial charge in [0.25, 0.3) is 0 Å². The summed E-state index contributed by atoms with van der Waals surface area (Å²) in [5.41, 5.74) is -0.790. The normalized spacial score (nSPS) is 12.1. The van der Waals surface area contributed by atoms with Crippen LogP contribution < -0.4 is 0 Å². The second kappa shape index (κ2) is 20.1. The molecule has 31 heavy (non-hydrogen) atoms. The van der Waals surface area contributed by atoms with Gasteiger partial charge in [-0.3, -0.25) is 0 Å². The van der Waals surface area contributed by atoms with E-state index in [4.69, 9.17) is 9.78 Å². The number of unbranched alkanes of at least 4 members (excludes halogenated alkanes) is 16. The fourth-order valence-electron chi connectivity index (χ4n) is 3.92. The molecule has 0 rings (SSSR count). The van der Waals surface area contributed by atoms with Gasteiger partial charge in [-0.25, -0.2) is 9.78 Å². The molecule has 0 aromatic heterocycles. The molecule has 0 bridgehead atoms. The van der Waals surface area contributed by atoms with Gasteiger partial charge in [0.2, 0.25) is 0 Å². The van der Waals surface area contributed by atoms with Crippen LogP contribution in [0.2, 0.25) is 0 Å². The van der Waals surface area contributed by atoms with Crippen molar-refractivity contribution >= 4 is 0 Å². The Bertz CT molecular complexity index is 441. The minimum absolute atomic E-state index is 0.248. The molecule has 0 fully saturated rings. The summed E-state index contributed by atoms with van der Waals surface area (Å²) in [5, 5.41) is 0. The summed E-state index contributed by atoms with van der Waals surface area (Å²) in [7, 11) is 0. The molecule has 0 aromatic carbocycles. The van der Waals surface area contributed by atoms with Crippen LogP contribution in [0.5, 0.6) is 0 Å². The molecule has 0 heterocycles. The van der Waals surface area contributed by atoms with Crippen molar-refractivity contribution in [1.82, 2.24) is 0 Å². The quantitative estimate of drug-likeness (QED) is 0.0771. The summed E-state index contributed by atoms with van der Waals surface area (Å²) >= 11 is 0. The van der Waals surface area contributed by atoms with Crippen LogP contribution in [0.1, 0.15) is 164 Å². The molecule has 2 nitrogen and oxygen atoms in total. The molecule has 0 saturated heterocycles. The summed E-state index contributed by atoms with van der Waals surface area (Å²) < 4.78 is 0. The van der Waals surface area contributed by atoms with Gasteiger partial charge in [-0.1, -0.05) is 123 Å². The standard InChI is InChI=1S/C29H56O2/c1-7-9-10-11-12-13-14-15-16-17-18-19-20-21-22-23-24-25-27-29(5,6)31-30-28(3,4)26-8-2/h7-24,26H2,1-6H3. The van der Waals surface area contributed by atoms with Gasteiger partial charge in [-0.2, -0.15) is 0 Å².